The summed E-state index contributed by atoms with van der Waals surface area (Å²) in [5.41, 5.74) is 0.293. The lowest BCUT2D eigenvalue weighted by Crippen LogP contribution is -2.62. The number of aliphatic hydroxyl groups excluding tert-OH is 2. The largest absolute Gasteiger partial charge is 0.481 e. The van der Waals surface area contributed by atoms with E-state index in [9.17, 15) is 29.7 Å². The third-order valence-electron chi connectivity index (χ3n) is 15.4. The SMILES string of the molecule is COC1C(CN2O[C@@H](CO)[C@H]([C@H](C)O)[C@H]2C(=O)N[C@H]2C[C@H]3C[C@@H]([C@@H]2C)C3(C)C)CCCC1C1CC(C(=O)O)CC(C(=O)NCCC2CCCCC2)C1. The number of nitrogens with zero attached hydrogens (tertiary/aromatic N) is 1. The van der Waals surface area contributed by atoms with Crippen molar-refractivity contribution in [2.45, 2.75) is 148 Å². The molecule has 0 radical (unpaired) electrons. The van der Waals surface area contributed by atoms with Gasteiger partial charge in [-0.3, -0.25) is 19.2 Å². The van der Waals surface area contributed by atoms with E-state index in [1.165, 1.54) is 38.5 Å². The Hall–Kier alpha value is -1.79. The van der Waals surface area contributed by atoms with E-state index in [0.29, 0.717) is 61.4 Å². The van der Waals surface area contributed by atoms with E-state index in [0.717, 1.165) is 32.1 Å². The zero-order valence-corrected chi connectivity index (χ0v) is 32.5. The fraction of sp³-hybridized carbons (Fsp3) is 0.927. The molecular weight excluding hydrogens is 662 g/mol. The molecule has 7 fully saturated rings. The van der Waals surface area contributed by atoms with Gasteiger partial charge in [0, 0.05) is 44.0 Å². The minimum atomic E-state index is -0.868. The summed E-state index contributed by atoms with van der Waals surface area (Å²) in [7, 11) is 1.71. The second-order valence-corrected chi connectivity index (χ2v) is 18.6. The minimum absolute atomic E-state index is 0.0128. The number of hydrogen-bond acceptors (Lipinski definition) is 8. The van der Waals surface area contributed by atoms with Crippen LogP contribution in [-0.2, 0) is 24.0 Å². The number of amides is 2. The maximum Gasteiger partial charge on any atom is 0.306 e. The van der Waals surface area contributed by atoms with E-state index in [4.69, 9.17) is 9.57 Å². The number of aliphatic carboxylic acids is 1. The third kappa shape index (κ3) is 8.24. The topological polar surface area (TPSA) is 158 Å². The number of carbonyl (C=O) groups is 3. The predicted octanol–water partition coefficient (Wildman–Crippen LogP) is 4.78. The Labute approximate surface area is 311 Å². The van der Waals surface area contributed by atoms with Crippen molar-refractivity contribution < 1.29 is 39.3 Å². The van der Waals surface area contributed by atoms with Crippen LogP contribution in [0.15, 0.2) is 0 Å². The Bertz CT molecular complexity index is 1240. The number of rotatable bonds is 13. The summed E-state index contributed by atoms with van der Waals surface area (Å²) in [6, 6.07) is -0.702. The number of hydroxylamine groups is 2. The third-order valence-corrected chi connectivity index (χ3v) is 15.4. The number of carboxylic acids is 1. The molecule has 296 valence electrons. The van der Waals surface area contributed by atoms with E-state index in [-0.39, 0.29) is 54.2 Å². The van der Waals surface area contributed by atoms with Gasteiger partial charge in [0.1, 0.15) is 12.1 Å². The molecule has 11 nitrogen and oxygen atoms in total. The van der Waals surface area contributed by atoms with Crippen molar-refractivity contribution in [3.8, 4) is 0 Å². The average Bonchev–Trinajstić information content (AvgIpc) is 3.51. The number of fused-ring (bicyclic) bond motifs is 2. The molecule has 0 spiro atoms. The molecule has 14 atom stereocenters. The Kier molecular flexibility index (Phi) is 13.0. The molecule has 2 bridgehead atoms. The number of carbonyl (C=O) groups excluding carboxylic acids is 2. The van der Waals surface area contributed by atoms with Gasteiger partial charge in [-0.15, -0.1) is 0 Å². The van der Waals surface area contributed by atoms with Crippen LogP contribution in [0.2, 0.25) is 0 Å². The Morgan fingerprint density at radius 1 is 0.962 bits per heavy atom. The van der Waals surface area contributed by atoms with Crippen LogP contribution in [-0.4, -0.2) is 95.4 Å². The number of aliphatic hydroxyl groups is 2. The fourth-order valence-electron chi connectivity index (χ4n) is 12.2. The van der Waals surface area contributed by atoms with E-state index >= 15 is 0 Å². The molecule has 0 aromatic heterocycles. The smallest absolute Gasteiger partial charge is 0.306 e. The van der Waals surface area contributed by atoms with Gasteiger partial charge < -0.3 is 30.7 Å². The van der Waals surface area contributed by atoms with Gasteiger partial charge in [-0.2, -0.15) is 5.06 Å². The van der Waals surface area contributed by atoms with Crippen molar-refractivity contribution in [2.75, 3.05) is 26.8 Å². The van der Waals surface area contributed by atoms with Crippen molar-refractivity contribution in [1.82, 2.24) is 15.7 Å². The lowest BCUT2D eigenvalue weighted by Gasteiger charge is -2.62. The lowest BCUT2D eigenvalue weighted by atomic mass is 9.45. The second kappa shape index (κ2) is 16.9. The molecule has 7 rings (SSSR count). The molecule has 0 aromatic carbocycles. The maximum atomic E-state index is 14.2. The van der Waals surface area contributed by atoms with E-state index in [2.05, 4.69) is 31.4 Å². The van der Waals surface area contributed by atoms with Crippen molar-refractivity contribution in [1.29, 1.82) is 0 Å². The Morgan fingerprint density at radius 3 is 2.33 bits per heavy atom. The lowest BCUT2D eigenvalue weighted by molar-refractivity contribution is -0.193. The highest BCUT2D eigenvalue weighted by atomic mass is 16.7. The van der Waals surface area contributed by atoms with Crippen molar-refractivity contribution in [2.24, 2.45) is 64.6 Å². The van der Waals surface area contributed by atoms with Crippen LogP contribution in [0, 0.1) is 64.6 Å². The van der Waals surface area contributed by atoms with Gasteiger partial charge in [0.25, 0.3) is 0 Å². The van der Waals surface area contributed by atoms with Gasteiger partial charge in [0.2, 0.25) is 11.8 Å². The number of nitrogens with one attached hydrogen (secondary N) is 2. The van der Waals surface area contributed by atoms with Crippen LogP contribution in [0.5, 0.6) is 0 Å². The van der Waals surface area contributed by atoms with Gasteiger partial charge in [-0.05, 0) is 99.2 Å². The standard InChI is InChI=1S/C41H69N3O8/c1-23-32-19-30(41(32,3)4)20-33(23)43-39(48)36-35(24(2)46)34(22-45)52-44(36)21-26-12-9-13-31(37(26)51-5)27-16-28(18-29(17-27)40(49)50)38(47)42-15-14-25-10-7-6-8-11-25/h23-37,45-46H,6-22H2,1-5H3,(H,42,47)(H,43,48)(H,49,50)/t23-,24-,26?,27?,28?,29?,30+,31?,32-,33-,34-,35-,36-,37?/m0/s1. The highest BCUT2D eigenvalue weighted by Gasteiger charge is 2.58. The van der Waals surface area contributed by atoms with Gasteiger partial charge in [-0.25, -0.2) is 0 Å². The number of carboxylic acid groups (broad SMARTS) is 1. The van der Waals surface area contributed by atoms with Crippen LogP contribution in [0.4, 0.5) is 0 Å². The minimum Gasteiger partial charge on any atom is -0.481 e. The van der Waals surface area contributed by atoms with Crippen LogP contribution >= 0.6 is 0 Å². The van der Waals surface area contributed by atoms with E-state index < -0.39 is 36.1 Å². The van der Waals surface area contributed by atoms with E-state index in [1.54, 1.807) is 19.1 Å². The molecule has 1 saturated heterocycles. The zero-order chi connectivity index (χ0) is 37.3. The highest BCUT2D eigenvalue weighted by molar-refractivity contribution is 5.83. The average molecular weight is 732 g/mol. The first-order valence-corrected chi connectivity index (χ1v) is 20.9. The molecule has 6 unspecified atom stereocenters. The molecule has 1 aliphatic heterocycles. The molecule has 52 heavy (non-hydrogen) atoms. The van der Waals surface area contributed by atoms with Crippen LogP contribution < -0.4 is 10.6 Å². The first-order chi connectivity index (χ1) is 24.8. The second-order valence-electron chi connectivity index (χ2n) is 18.6. The van der Waals surface area contributed by atoms with Crippen LogP contribution in [0.25, 0.3) is 0 Å². The molecule has 7 aliphatic rings. The molecule has 0 aromatic rings. The van der Waals surface area contributed by atoms with Gasteiger partial charge in [0.05, 0.1) is 24.7 Å². The first kappa shape index (κ1) is 39.9. The summed E-state index contributed by atoms with van der Waals surface area (Å²) in [6.45, 7) is 9.34. The molecule has 6 aliphatic carbocycles. The molecule has 1 heterocycles. The zero-order valence-electron chi connectivity index (χ0n) is 32.5. The monoisotopic (exact) mass is 732 g/mol. The quantitative estimate of drug-likeness (QED) is 0.180. The van der Waals surface area contributed by atoms with Gasteiger partial charge >= 0.3 is 5.97 Å². The summed E-state index contributed by atoms with van der Waals surface area (Å²) >= 11 is 0. The van der Waals surface area contributed by atoms with Crippen LogP contribution in [0.3, 0.4) is 0 Å². The molecule has 5 N–H and O–H groups in total. The molecule has 2 amide bonds. The van der Waals surface area contributed by atoms with Crippen molar-refractivity contribution in [3.05, 3.63) is 0 Å². The number of methoxy groups -OCH3 is 1. The van der Waals surface area contributed by atoms with Gasteiger partial charge in [-0.1, -0.05) is 59.3 Å². The number of hydrogen-bond donors (Lipinski definition) is 5. The maximum absolute atomic E-state index is 14.2. The summed E-state index contributed by atoms with van der Waals surface area (Å²) in [5, 5.41) is 39.7. The summed E-state index contributed by atoms with van der Waals surface area (Å²) in [6.07, 6.45) is 11.9. The van der Waals surface area contributed by atoms with Gasteiger partial charge in [0.15, 0.2) is 0 Å². The molecule has 6 saturated carbocycles. The number of ether oxygens (including phenoxy) is 1. The predicted molar refractivity (Wildman–Crippen MR) is 196 cm³/mol. The molecular formula is C41H69N3O8. The first-order valence-electron chi connectivity index (χ1n) is 20.9. The Morgan fingerprint density at radius 2 is 1.69 bits per heavy atom. The van der Waals surface area contributed by atoms with Crippen molar-refractivity contribution >= 4 is 17.8 Å². The molecule has 11 heteroatoms. The fourth-order valence-corrected chi connectivity index (χ4v) is 12.2. The van der Waals surface area contributed by atoms with Crippen molar-refractivity contribution in [3.63, 3.8) is 0 Å². The Balaban J connectivity index is 1.13. The summed E-state index contributed by atoms with van der Waals surface area (Å²) in [4.78, 5) is 46.5. The highest BCUT2D eigenvalue weighted by Crippen LogP contribution is 2.61. The summed E-state index contributed by atoms with van der Waals surface area (Å²) < 4.78 is 6.27. The normalized spacial score (nSPS) is 41.5. The summed E-state index contributed by atoms with van der Waals surface area (Å²) in [5.74, 6) is -0.263. The van der Waals surface area contributed by atoms with E-state index in [1.807, 2.05) is 0 Å². The van der Waals surface area contributed by atoms with Crippen LogP contribution in [0.1, 0.15) is 118 Å².